The molecule has 322 valence electrons. The van der Waals surface area contributed by atoms with E-state index in [1.54, 1.807) is 13.8 Å². The molecule has 25 nitrogen and oxygen atoms in total. The molecule has 0 radical (unpaired) electrons. The van der Waals surface area contributed by atoms with Crippen LogP contribution >= 0.6 is 0 Å². The molecular formula is C33H52N12O13. The zero-order chi connectivity index (χ0) is 44.3. The van der Waals surface area contributed by atoms with E-state index in [-0.39, 0.29) is 37.3 Å². The summed E-state index contributed by atoms with van der Waals surface area (Å²) in [6.07, 6.45) is -1.26. The Labute approximate surface area is 331 Å². The Morgan fingerprint density at radius 1 is 0.621 bits per heavy atom. The molecule has 0 fully saturated rings. The van der Waals surface area contributed by atoms with Crippen LogP contribution in [-0.2, 0) is 59.2 Å². The van der Waals surface area contributed by atoms with Gasteiger partial charge >= 0.3 is 11.9 Å². The van der Waals surface area contributed by atoms with Crippen LogP contribution in [0.4, 0.5) is 0 Å². The van der Waals surface area contributed by atoms with E-state index < -0.39 is 133 Å². The molecule has 58 heavy (non-hydrogen) atoms. The van der Waals surface area contributed by atoms with Gasteiger partial charge in [-0.3, -0.25) is 52.7 Å². The van der Waals surface area contributed by atoms with Crippen molar-refractivity contribution in [2.75, 3.05) is 0 Å². The number of imidazole rings is 1. The van der Waals surface area contributed by atoms with Crippen LogP contribution < -0.4 is 54.8 Å². The van der Waals surface area contributed by atoms with Crippen molar-refractivity contribution in [3.05, 3.63) is 18.2 Å². The molecule has 9 amide bonds. The molecule has 0 saturated carbocycles. The largest absolute Gasteiger partial charge is 0.481 e. The van der Waals surface area contributed by atoms with Gasteiger partial charge in [-0.1, -0.05) is 13.8 Å². The molecule has 1 rings (SSSR count). The van der Waals surface area contributed by atoms with Crippen LogP contribution in [-0.4, -0.2) is 128 Å². The van der Waals surface area contributed by atoms with Crippen LogP contribution in [0.1, 0.15) is 71.4 Å². The highest BCUT2D eigenvalue weighted by atomic mass is 16.4. The molecule has 1 heterocycles. The van der Waals surface area contributed by atoms with E-state index >= 15 is 0 Å². The van der Waals surface area contributed by atoms with Gasteiger partial charge in [0, 0.05) is 31.2 Å². The summed E-state index contributed by atoms with van der Waals surface area (Å²) in [7, 11) is 0. The number of carbonyl (C=O) groups is 11. The maximum Gasteiger partial charge on any atom is 0.325 e. The highest BCUT2D eigenvalue weighted by Gasteiger charge is 2.35. The van der Waals surface area contributed by atoms with E-state index in [0.717, 1.165) is 0 Å². The molecule has 0 aliphatic heterocycles. The topological polar surface area (TPSA) is 433 Å². The molecule has 0 spiro atoms. The summed E-state index contributed by atoms with van der Waals surface area (Å²) in [4.78, 5) is 144. The van der Waals surface area contributed by atoms with Gasteiger partial charge in [-0.2, -0.15) is 0 Å². The average Bonchev–Trinajstić information content (AvgIpc) is 3.63. The van der Waals surface area contributed by atoms with Gasteiger partial charge in [0.2, 0.25) is 53.2 Å². The summed E-state index contributed by atoms with van der Waals surface area (Å²) in [6.45, 7) is 4.62. The van der Waals surface area contributed by atoms with Gasteiger partial charge in [0.1, 0.15) is 36.3 Å². The molecule has 25 heteroatoms. The standard InChI is InChI=1S/C33H52N12O13/c1-14(2)8-19(29(53)40-15(3)33(57)58)43-32(56)22(11-25(37)48)45-30(54)20(9-16-12-38-13-39-16)44-28(52)18(5-7-26(49)50)41-31(55)21(10-24(36)47)42-27(51)17(34)4-6-23(35)46/h12-15,17-22H,4-11,34H2,1-3H3,(H2,35,46)(H2,36,47)(H2,37,48)(H,38,39)(H,40,53)(H,41,55)(H,42,51)(H,43,56)(H,44,52)(H,45,54)(H,49,50)(H,57,58)/t15-,17-,18-,19-,20-,21-,22-/m0/s1. The quantitative estimate of drug-likeness (QED) is 0.0393. The minimum atomic E-state index is -1.75. The van der Waals surface area contributed by atoms with Gasteiger partial charge in [0.15, 0.2) is 0 Å². The number of carboxylic acids is 2. The van der Waals surface area contributed by atoms with Crippen molar-refractivity contribution >= 4 is 65.1 Å². The molecule has 0 bridgehead atoms. The maximum absolute atomic E-state index is 13.8. The fourth-order valence-corrected chi connectivity index (χ4v) is 5.06. The summed E-state index contributed by atoms with van der Waals surface area (Å²) < 4.78 is 0. The first kappa shape index (κ1) is 49.4. The van der Waals surface area contributed by atoms with Crippen molar-refractivity contribution in [1.29, 1.82) is 0 Å². The Kier molecular flexibility index (Phi) is 20.5. The number of hydrogen-bond acceptors (Lipinski definition) is 13. The Morgan fingerprint density at radius 3 is 1.55 bits per heavy atom. The van der Waals surface area contributed by atoms with E-state index in [1.165, 1.54) is 19.4 Å². The van der Waals surface area contributed by atoms with Gasteiger partial charge in [-0.25, -0.2) is 4.98 Å². The molecule has 7 atom stereocenters. The minimum Gasteiger partial charge on any atom is -0.481 e. The Bertz CT molecular complexity index is 1670. The smallest absolute Gasteiger partial charge is 0.325 e. The number of aliphatic carboxylic acids is 2. The SMILES string of the molecule is CC(C)C[C@H](NC(=O)[C@H](CC(N)=O)NC(=O)[C@H](Cc1cnc[nH]1)NC(=O)[C@H](CCC(=O)O)NC(=O)[C@H](CC(N)=O)NC(=O)[C@@H](N)CCC(N)=O)C(=O)N[C@@H](C)C(=O)O. The number of aromatic amines is 1. The van der Waals surface area contributed by atoms with Crippen molar-refractivity contribution < 1.29 is 63.0 Å². The number of rotatable bonds is 27. The number of nitrogens with two attached hydrogens (primary N) is 4. The first-order valence-electron chi connectivity index (χ1n) is 17.8. The molecule has 0 aliphatic rings. The zero-order valence-electron chi connectivity index (χ0n) is 32.1. The van der Waals surface area contributed by atoms with Crippen molar-refractivity contribution in [3.63, 3.8) is 0 Å². The number of H-pyrrole nitrogens is 1. The fourth-order valence-electron chi connectivity index (χ4n) is 5.06. The molecule has 0 aliphatic carbocycles. The number of amides is 9. The lowest BCUT2D eigenvalue weighted by Crippen LogP contribution is -2.60. The Morgan fingerprint density at radius 2 is 1.09 bits per heavy atom. The molecule has 0 saturated heterocycles. The normalized spacial score (nSPS) is 14.5. The highest BCUT2D eigenvalue weighted by molar-refractivity contribution is 5.99. The molecule has 0 aromatic carbocycles. The number of carbonyl (C=O) groups excluding carboxylic acids is 9. The molecule has 0 unspecified atom stereocenters. The van der Waals surface area contributed by atoms with Crippen molar-refractivity contribution in [2.45, 2.75) is 114 Å². The minimum absolute atomic E-state index is 0.00911. The lowest BCUT2D eigenvalue weighted by molar-refractivity contribution is -0.142. The monoisotopic (exact) mass is 824 g/mol. The number of aromatic nitrogens is 2. The van der Waals surface area contributed by atoms with Crippen molar-refractivity contribution in [3.8, 4) is 0 Å². The van der Waals surface area contributed by atoms with Gasteiger partial charge in [-0.05, 0) is 32.1 Å². The van der Waals surface area contributed by atoms with Gasteiger partial charge in [0.25, 0.3) is 0 Å². The predicted molar refractivity (Wildman–Crippen MR) is 198 cm³/mol. The third-order valence-electron chi connectivity index (χ3n) is 8.08. The van der Waals surface area contributed by atoms with Gasteiger partial charge < -0.3 is 70.0 Å². The number of nitrogens with zero attached hydrogens (tertiary/aromatic N) is 1. The van der Waals surface area contributed by atoms with Gasteiger partial charge in [0.05, 0.1) is 25.2 Å². The van der Waals surface area contributed by atoms with Crippen molar-refractivity contribution in [2.24, 2.45) is 28.9 Å². The van der Waals surface area contributed by atoms with Crippen LogP contribution in [0.3, 0.4) is 0 Å². The summed E-state index contributed by atoms with van der Waals surface area (Å²) >= 11 is 0. The number of hydrogen-bond donors (Lipinski definition) is 13. The molecule has 17 N–H and O–H groups in total. The van der Waals surface area contributed by atoms with Crippen LogP contribution in [0.2, 0.25) is 0 Å². The molecule has 1 aromatic heterocycles. The Hall–Kier alpha value is -6.66. The van der Waals surface area contributed by atoms with Crippen molar-refractivity contribution in [1.82, 2.24) is 41.9 Å². The second kappa shape index (κ2) is 24.1. The lowest BCUT2D eigenvalue weighted by Gasteiger charge is -2.27. The second-order valence-corrected chi connectivity index (χ2v) is 13.7. The summed E-state index contributed by atoms with van der Waals surface area (Å²) in [5.41, 5.74) is 21.7. The third kappa shape index (κ3) is 18.8. The maximum atomic E-state index is 13.8. The number of primary amides is 3. The highest BCUT2D eigenvalue weighted by Crippen LogP contribution is 2.09. The zero-order valence-corrected chi connectivity index (χ0v) is 32.1. The van der Waals surface area contributed by atoms with Crippen LogP contribution in [0, 0.1) is 5.92 Å². The van der Waals surface area contributed by atoms with Crippen LogP contribution in [0.15, 0.2) is 12.5 Å². The Balaban J connectivity index is 3.42. The first-order chi connectivity index (χ1) is 27.0. The van der Waals surface area contributed by atoms with E-state index in [0.29, 0.717) is 0 Å². The third-order valence-corrected chi connectivity index (χ3v) is 8.08. The van der Waals surface area contributed by atoms with E-state index in [1.807, 2.05) is 0 Å². The fraction of sp³-hybridized carbons (Fsp3) is 0.576. The molecular weight excluding hydrogens is 772 g/mol. The van der Waals surface area contributed by atoms with E-state index in [9.17, 15) is 63.0 Å². The average molecular weight is 825 g/mol. The molecule has 1 aromatic rings. The van der Waals surface area contributed by atoms with Gasteiger partial charge in [-0.15, -0.1) is 0 Å². The van der Waals surface area contributed by atoms with Crippen LogP contribution in [0.5, 0.6) is 0 Å². The summed E-state index contributed by atoms with van der Waals surface area (Å²) in [5.74, 6) is -12.3. The first-order valence-corrected chi connectivity index (χ1v) is 17.8. The van der Waals surface area contributed by atoms with Crippen LogP contribution in [0.25, 0.3) is 0 Å². The van der Waals surface area contributed by atoms with E-state index in [2.05, 4.69) is 41.9 Å². The lowest BCUT2D eigenvalue weighted by atomic mass is 10.0. The number of nitrogens with one attached hydrogen (secondary N) is 7. The van der Waals surface area contributed by atoms with E-state index in [4.69, 9.17) is 22.9 Å². The predicted octanol–water partition coefficient (Wildman–Crippen LogP) is -5.78. The second-order valence-electron chi connectivity index (χ2n) is 13.7. The number of carboxylic acid groups (broad SMARTS) is 2. The summed E-state index contributed by atoms with van der Waals surface area (Å²) in [6, 6.07) is -10.9. The summed E-state index contributed by atoms with van der Waals surface area (Å²) in [5, 5.41) is 32.2.